The van der Waals surface area contributed by atoms with Crippen LogP contribution in [-0.2, 0) is 9.59 Å². The summed E-state index contributed by atoms with van der Waals surface area (Å²) in [6.07, 6.45) is 6.51. The van der Waals surface area contributed by atoms with E-state index in [9.17, 15) is 9.59 Å². The minimum atomic E-state index is -0.200. The molecule has 0 aliphatic carbocycles. The highest BCUT2D eigenvalue weighted by atomic mass is 16.5. The van der Waals surface area contributed by atoms with Crippen LogP contribution in [0.1, 0.15) is 18.9 Å². The zero-order valence-corrected chi connectivity index (χ0v) is 11.9. The van der Waals surface area contributed by atoms with Crippen LogP contribution >= 0.6 is 0 Å². The Morgan fingerprint density at radius 2 is 1.80 bits per heavy atom. The van der Waals surface area contributed by atoms with Crippen molar-refractivity contribution >= 4 is 17.6 Å². The van der Waals surface area contributed by atoms with Gasteiger partial charge in [0.05, 0.1) is 20.6 Å². The Hall–Kier alpha value is -2.36. The molecule has 0 aliphatic heterocycles. The lowest BCUT2D eigenvalue weighted by Gasteiger charge is -2.07. The summed E-state index contributed by atoms with van der Waals surface area (Å²) in [5, 5.41) is 0. The molecule has 4 nitrogen and oxygen atoms in total. The number of rotatable bonds is 7. The second-order valence-corrected chi connectivity index (χ2v) is 4.18. The second-order valence-electron chi connectivity index (χ2n) is 4.18. The zero-order valence-electron chi connectivity index (χ0n) is 11.9. The summed E-state index contributed by atoms with van der Waals surface area (Å²) < 4.78 is 10.3. The van der Waals surface area contributed by atoms with Crippen molar-refractivity contribution in [3.63, 3.8) is 0 Å². The number of carbonyl (C=O) groups excluding carboxylic acids is 2. The first kappa shape index (κ1) is 15.7. The van der Waals surface area contributed by atoms with Crippen LogP contribution < -0.4 is 9.47 Å². The molecule has 0 radical (unpaired) electrons. The van der Waals surface area contributed by atoms with E-state index in [0.717, 1.165) is 5.56 Å². The standard InChI is InChI=1S/C16H18O4/c1-12(17)10-14(18)7-5-4-6-13-8-9-15(19-2)16(11-13)20-3/h4-9,11H,10H2,1-3H3. The van der Waals surface area contributed by atoms with Gasteiger partial charge in [-0.2, -0.15) is 0 Å². The lowest BCUT2D eigenvalue weighted by molar-refractivity contribution is -0.123. The van der Waals surface area contributed by atoms with E-state index in [-0.39, 0.29) is 18.0 Å². The topological polar surface area (TPSA) is 52.6 Å². The molecular weight excluding hydrogens is 256 g/mol. The fourth-order valence-electron chi connectivity index (χ4n) is 1.59. The molecule has 1 aromatic rings. The number of Topliss-reactive ketones (excluding diaryl/α,β-unsaturated/α-hetero) is 1. The number of carbonyl (C=O) groups is 2. The molecule has 0 amide bonds. The first-order chi connectivity index (χ1) is 9.56. The SMILES string of the molecule is COc1ccc(C=CC=CC(=O)CC(C)=O)cc1OC. The fourth-order valence-corrected chi connectivity index (χ4v) is 1.59. The molecule has 20 heavy (non-hydrogen) atoms. The lowest BCUT2D eigenvalue weighted by atomic mass is 10.1. The molecule has 0 heterocycles. The minimum Gasteiger partial charge on any atom is -0.493 e. The Morgan fingerprint density at radius 1 is 1.10 bits per heavy atom. The van der Waals surface area contributed by atoms with E-state index < -0.39 is 0 Å². The van der Waals surface area contributed by atoms with Gasteiger partial charge in [0.2, 0.25) is 0 Å². The molecule has 1 rings (SSSR count). The number of allylic oxidation sites excluding steroid dienone is 3. The van der Waals surface area contributed by atoms with Gasteiger partial charge in [-0.25, -0.2) is 0 Å². The van der Waals surface area contributed by atoms with Crippen molar-refractivity contribution in [2.75, 3.05) is 14.2 Å². The molecule has 0 atom stereocenters. The summed E-state index contributed by atoms with van der Waals surface area (Å²) in [7, 11) is 3.16. The zero-order chi connectivity index (χ0) is 15.0. The van der Waals surface area contributed by atoms with Crippen LogP contribution in [0.2, 0.25) is 0 Å². The molecule has 0 bridgehead atoms. The van der Waals surface area contributed by atoms with Crippen molar-refractivity contribution < 1.29 is 19.1 Å². The smallest absolute Gasteiger partial charge is 0.163 e. The van der Waals surface area contributed by atoms with Gasteiger partial charge in [-0.05, 0) is 30.7 Å². The molecule has 1 aromatic carbocycles. The number of ether oxygens (including phenoxy) is 2. The van der Waals surface area contributed by atoms with E-state index in [0.29, 0.717) is 11.5 Å². The monoisotopic (exact) mass is 274 g/mol. The summed E-state index contributed by atoms with van der Waals surface area (Å²) in [6.45, 7) is 1.39. The van der Waals surface area contributed by atoms with Crippen molar-refractivity contribution in [1.29, 1.82) is 0 Å². The maximum Gasteiger partial charge on any atom is 0.163 e. The number of hydrogen-bond acceptors (Lipinski definition) is 4. The van der Waals surface area contributed by atoms with E-state index in [4.69, 9.17) is 9.47 Å². The average molecular weight is 274 g/mol. The van der Waals surface area contributed by atoms with Gasteiger partial charge in [-0.3, -0.25) is 9.59 Å². The van der Waals surface area contributed by atoms with Crippen molar-refractivity contribution in [3.05, 3.63) is 42.0 Å². The van der Waals surface area contributed by atoms with Crippen molar-refractivity contribution in [2.45, 2.75) is 13.3 Å². The number of methoxy groups -OCH3 is 2. The molecule has 0 aliphatic rings. The maximum atomic E-state index is 11.3. The van der Waals surface area contributed by atoms with Gasteiger partial charge in [0, 0.05) is 0 Å². The molecule has 0 N–H and O–H groups in total. The van der Waals surface area contributed by atoms with Gasteiger partial charge < -0.3 is 9.47 Å². The van der Waals surface area contributed by atoms with Gasteiger partial charge in [-0.15, -0.1) is 0 Å². The van der Waals surface area contributed by atoms with E-state index in [1.54, 1.807) is 26.4 Å². The number of benzene rings is 1. The molecule has 0 aromatic heterocycles. The molecular formula is C16H18O4. The Morgan fingerprint density at radius 3 is 2.40 bits per heavy atom. The normalized spacial score (nSPS) is 10.9. The quantitative estimate of drug-likeness (QED) is 0.436. The molecule has 0 fully saturated rings. The first-order valence-corrected chi connectivity index (χ1v) is 6.16. The van der Waals surface area contributed by atoms with Gasteiger partial charge in [-0.1, -0.05) is 24.3 Å². The fraction of sp³-hybridized carbons (Fsp3) is 0.250. The van der Waals surface area contributed by atoms with E-state index in [1.165, 1.54) is 13.0 Å². The predicted octanol–water partition coefficient (Wildman–Crippen LogP) is 2.82. The molecule has 106 valence electrons. The Bertz CT molecular complexity index is 541. The summed E-state index contributed by atoms with van der Waals surface area (Å²) in [4.78, 5) is 22.0. The van der Waals surface area contributed by atoms with Crippen LogP contribution in [0.25, 0.3) is 6.08 Å². The van der Waals surface area contributed by atoms with Gasteiger partial charge >= 0.3 is 0 Å². The van der Waals surface area contributed by atoms with Crippen molar-refractivity contribution in [2.24, 2.45) is 0 Å². The summed E-state index contributed by atoms with van der Waals surface area (Å²) in [6, 6.07) is 5.52. The summed E-state index contributed by atoms with van der Waals surface area (Å²) >= 11 is 0. The van der Waals surface area contributed by atoms with E-state index in [1.807, 2.05) is 24.3 Å². The summed E-state index contributed by atoms with van der Waals surface area (Å²) in [5.41, 5.74) is 0.923. The third-order valence-corrected chi connectivity index (χ3v) is 2.51. The molecule has 0 unspecified atom stereocenters. The van der Waals surface area contributed by atoms with Crippen LogP contribution in [0.15, 0.2) is 36.4 Å². The Kier molecular flexibility index (Phi) is 6.23. The minimum absolute atomic E-state index is 0.0549. The molecule has 0 saturated heterocycles. The van der Waals surface area contributed by atoms with Gasteiger partial charge in [0.25, 0.3) is 0 Å². The lowest BCUT2D eigenvalue weighted by Crippen LogP contribution is -1.99. The first-order valence-electron chi connectivity index (χ1n) is 6.16. The molecule has 0 spiro atoms. The van der Waals surface area contributed by atoms with Crippen LogP contribution in [0.4, 0.5) is 0 Å². The third-order valence-electron chi connectivity index (χ3n) is 2.51. The van der Waals surface area contributed by atoms with Crippen LogP contribution in [0.3, 0.4) is 0 Å². The largest absolute Gasteiger partial charge is 0.493 e. The van der Waals surface area contributed by atoms with Crippen LogP contribution in [0, 0.1) is 0 Å². The summed E-state index contributed by atoms with van der Waals surface area (Å²) in [5.74, 6) is 0.973. The number of ketones is 2. The highest BCUT2D eigenvalue weighted by molar-refractivity contribution is 6.03. The highest BCUT2D eigenvalue weighted by Gasteiger charge is 2.02. The van der Waals surface area contributed by atoms with E-state index >= 15 is 0 Å². The molecule has 0 saturated carbocycles. The molecule has 4 heteroatoms. The van der Waals surface area contributed by atoms with Crippen molar-refractivity contribution in [3.8, 4) is 11.5 Å². The highest BCUT2D eigenvalue weighted by Crippen LogP contribution is 2.27. The second kappa shape index (κ2) is 7.94. The van der Waals surface area contributed by atoms with Crippen molar-refractivity contribution in [1.82, 2.24) is 0 Å². The Labute approximate surface area is 118 Å². The van der Waals surface area contributed by atoms with E-state index in [2.05, 4.69) is 0 Å². The van der Waals surface area contributed by atoms with Gasteiger partial charge in [0.15, 0.2) is 17.3 Å². The van der Waals surface area contributed by atoms with Gasteiger partial charge in [0.1, 0.15) is 5.78 Å². The predicted molar refractivity (Wildman–Crippen MR) is 78.0 cm³/mol. The van der Waals surface area contributed by atoms with Crippen LogP contribution in [-0.4, -0.2) is 25.8 Å². The maximum absolute atomic E-state index is 11.3. The Balaban J connectivity index is 2.69. The third kappa shape index (κ3) is 5.10. The van der Waals surface area contributed by atoms with Crippen LogP contribution in [0.5, 0.6) is 11.5 Å². The number of hydrogen-bond donors (Lipinski definition) is 0. The average Bonchev–Trinajstić information content (AvgIpc) is 2.42.